The Labute approximate surface area is 168 Å². The fourth-order valence-corrected chi connectivity index (χ4v) is 5.65. The molecule has 0 aliphatic carbocycles. The van der Waals surface area contributed by atoms with E-state index in [1.165, 1.54) is 5.56 Å². The lowest BCUT2D eigenvalue weighted by Gasteiger charge is -2.27. The maximum Gasteiger partial charge on any atom is 0.231 e. The Bertz CT molecular complexity index is 900. The monoisotopic (exact) mass is 397 g/mol. The number of amides is 1. The number of carbonyl (C=O) groups is 1. The van der Waals surface area contributed by atoms with Crippen LogP contribution in [0.15, 0.2) is 42.4 Å². The van der Waals surface area contributed by atoms with Gasteiger partial charge in [0.25, 0.3) is 0 Å². The van der Waals surface area contributed by atoms with E-state index in [0.717, 1.165) is 49.1 Å². The highest BCUT2D eigenvalue weighted by molar-refractivity contribution is 7.09. The summed E-state index contributed by atoms with van der Waals surface area (Å²) in [6.07, 6.45) is 4.53. The van der Waals surface area contributed by atoms with Crippen molar-refractivity contribution >= 4 is 17.2 Å². The quantitative estimate of drug-likeness (QED) is 0.726. The summed E-state index contributed by atoms with van der Waals surface area (Å²) >= 11 is 1.66. The highest BCUT2D eigenvalue weighted by Gasteiger charge is 2.57. The molecule has 1 spiro atoms. The number of benzene rings is 1. The molecule has 2 fully saturated rings. The Balaban J connectivity index is 1.41. The van der Waals surface area contributed by atoms with E-state index in [1.54, 1.807) is 11.3 Å². The van der Waals surface area contributed by atoms with Gasteiger partial charge in [-0.3, -0.25) is 9.69 Å². The second kappa shape index (κ2) is 6.90. The summed E-state index contributed by atoms with van der Waals surface area (Å²) in [5.41, 5.74) is 0.796. The van der Waals surface area contributed by atoms with Gasteiger partial charge in [0, 0.05) is 50.2 Å². The van der Waals surface area contributed by atoms with Crippen LogP contribution in [-0.2, 0) is 11.3 Å². The molecule has 2 aromatic rings. The molecule has 0 N–H and O–H groups in total. The number of aromatic nitrogens is 1. The van der Waals surface area contributed by atoms with E-state index in [2.05, 4.69) is 22.5 Å². The number of likely N-dealkylation sites (tertiary alicyclic amines) is 2. The SMILES string of the molecule is C=CCN1CCC2(CN(Cc3ccc4c(c3)OCO4)CC2c2nccs2)C1=O. The Morgan fingerprint density at radius 1 is 1.36 bits per heavy atom. The van der Waals surface area contributed by atoms with E-state index in [-0.39, 0.29) is 24.0 Å². The first-order valence-corrected chi connectivity index (χ1v) is 10.5. The smallest absolute Gasteiger partial charge is 0.231 e. The van der Waals surface area contributed by atoms with Crippen molar-refractivity contribution in [2.45, 2.75) is 18.9 Å². The number of carbonyl (C=O) groups excluding carboxylic acids is 1. The number of rotatable bonds is 5. The molecule has 0 bridgehead atoms. The minimum atomic E-state index is -0.378. The highest BCUT2D eigenvalue weighted by Crippen LogP contribution is 2.50. The van der Waals surface area contributed by atoms with Crippen molar-refractivity contribution in [2.24, 2.45) is 5.41 Å². The van der Waals surface area contributed by atoms with Crippen molar-refractivity contribution in [3.63, 3.8) is 0 Å². The van der Waals surface area contributed by atoms with Crippen LogP contribution in [0.3, 0.4) is 0 Å². The number of hydrogen-bond acceptors (Lipinski definition) is 6. The third-order valence-corrected chi connectivity index (χ3v) is 6.99. The predicted molar refractivity (Wildman–Crippen MR) is 107 cm³/mol. The van der Waals surface area contributed by atoms with Crippen LogP contribution in [0, 0.1) is 5.41 Å². The van der Waals surface area contributed by atoms with E-state index in [4.69, 9.17) is 9.47 Å². The summed E-state index contributed by atoms with van der Waals surface area (Å²) in [7, 11) is 0. The summed E-state index contributed by atoms with van der Waals surface area (Å²) < 4.78 is 10.9. The third kappa shape index (κ3) is 2.81. The van der Waals surface area contributed by atoms with Crippen LogP contribution < -0.4 is 9.47 Å². The largest absolute Gasteiger partial charge is 0.454 e. The lowest BCUT2D eigenvalue weighted by atomic mass is 9.77. The topological polar surface area (TPSA) is 54.9 Å². The number of hydrogen-bond donors (Lipinski definition) is 0. The van der Waals surface area contributed by atoms with Crippen molar-refractivity contribution in [3.8, 4) is 11.5 Å². The summed E-state index contributed by atoms with van der Waals surface area (Å²) in [6.45, 7) is 7.89. The van der Waals surface area contributed by atoms with Gasteiger partial charge in [-0.15, -0.1) is 17.9 Å². The predicted octanol–water partition coefficient (Wildman–Crippen LogP) is 2.88. The first kappa shape index (κ1) is 17.7. The molecular weight excluding hydrogens is 374 g/mol. The van der Waals surface area contributed by atoms with Crippen molar-refractivity contribution in [1.29, 1.82) is 0 Å². The van der Waals surface area contributed by atoms with Gasteiger partial charge in [0.1, 0.15) is 0 Å². The second-order valence-corrected chi connectivity index (χ2v) is 8.65. The van der Waals surface area contributed by atoms with Gasteiger partial charge in [0.2, 0.25) is 12.7 Å². The van der Waals surface area contributed by atoms with Gasteiger partial charge in [-0.1, -0.05) is 12.1 Å². The van der Waals surface area contributed by atoms with Crippen molar-refractivity contribution in [1.82, 2.24) is 14.8 Å². The van der Waals surface area contributed by atoms with Crippen LogP contribution in [-0.4, -0.2) is 53.7 Å². The third-order valence-electron chi connectivity index (χ3n) is 6.10. The van der Waals surface area contributed by atoms with Gasteiger partial charge in [-0.2, -0.15) is 0 Å². The van der Waals surface area contributed by atoms with Gasteiger partial charge in [-0.05, 0) is 24.1 Å². The van der Waals surface area contributed by atoms with Gasteiger partial charge in [0.15, 0.2) is 11.5 Å². The van der Waals surface area contributed by atoms with Crippen LogP contribution in [0.4, 0.5) is 0 Å². The molecule has 1 aromatic heterocycles. The molecule has 1 aromatic carbocycles. The maximum absolute atomic E-state index is 13.4. The number of ether oxygens (including phenoxy) is 2. The zero-order valence-electron chi connectivity index (χ0n) is 15.7. The minimum Gasteiger partial charge on any atom is -0.454 e. The molecule has 146 valence electrons. The summed E-state index contributed by atoms with van der Waals surface area (Å²) in [5, 5.41) is 3.08. The number of thiazole rings is 1. The first-order valence-electron chi connectivity index (χ1n) is 9.60. The molecule has 2 saturated heterocycles. The zero-order chi connectivity index (χ0) is 19.1. The second-order valence-electron chi connectivity index (χ2n) is 7.73. The molecule has 7 heteroatoms. The van der Waals surface area contributed by atoms with Gasteiger partial charge < -0.3 is 14.4 Å². The van der Waals surface area contributed by atoms with Crippen LogP contribution in [0.5, 0.6) is 11.5 Å². The minimum absolute atomic E-state index is 0.142. The van der Waals surface area contributed by atoms with Crippen LogP contribution in [0.2, 0.25) is 0 Å². The molecule has 6 nitrogen and oxygen atoms in total. The highest BCUT2D eigenvalue weighted by atomic mass is 32.1. The van der Waals surface area contributed by atoms with Crippen LogP contribution in [0.1, 0.15) is 22.9 Å². The molecule has 2 atom stereocenters. The molecule has 3 aliphatic rings. The lowest BCUT2D eigenvalue weighted by molar-refractivity contribution is -0.135. The molecule has 3 aliphatic heterocycles. The number of nitrogens with zero attached hydrogens (tertiary/aromatic N) is 3. The number of fused-ring (bicyclic) bond motifs is 1. The maximum atomic E-state index is 13.4. The van der Waals surface area contributed by atoms with Gasteiger partial charge >= 0.3 is 0 Å². The first-order chi connectivity index (χ1) is 13.7. The normalized spacial score (nSPS) is 26.5. The molecule has 5 rings (SSSR count). The summed E-state index contributed by atoms with van der Waals surface area (Å²) in [5.74, 6) is 2.00. The Kier molecular flexibility index (Phi) is 4.36. The van der Waals surface area contributed by atoms with E-state index in [0.29, 0.717) is 6.54 Å². The fourth-order valence-electron chi connectivity index (χ4n) is 4.80. The standard InChI is InChI=1S/C21H23N3O3S/c1-2-7-24-8-5-21(20(24)25)13-23(12-16(21)19-22-6-9-28-19)11-15-3-4-17-18(10-15)27-14-26-17/h2-4,6,9-10,16H,1,5,7-8,11-14H2. The Morgan fingerprint density at radius 3 is 3.07 bits per heavy atom. The van der Waals surface area contributed by atoms with Crippen LogP contribution in [0.25, 0.3) is 0 Å². The summed E-state index contributed by atoms with van der Waals surface area (Å²) in [4.78, 5) is 22.3. The molecule has 0 radical (unpaired) electrons. The molecule has 0 saturated carbocycles. The summed E-state index contributed by atoms with van der Waals surface area (Å²) in [6, 6.07) is 6.10. The average molecular weight is 398 g/mol. The van der Waals surface area contributed by atoms with Crippen molar-refractivity contribution in [3.05, 3.63) is 53.0 Å². The Hall–Kier alpha value is -2.38. The zero-order valence-corrected chi connectivity index (χ0v) is 16.5. The van der Waals surface area contributed by atoms with Crippen LogP contribution >= 0.6 is 11.3 Å². The van der Waals surface area contributed by atoms with E-state index in [1.807, 2.05) is 34.7 Å². The van der Waals surface area contributed by atoms with E-state index in [9.17, 15) is 4.79 Å². The lowest BCUT2D eigenvalue weighted by Crippen LogP contribution is -2.39. The van der Waals surface area contributed by atoms with Gasteiger partial charge in [0.05, 0.1) is 10.4 Å². The van der Waals surface area contributed by atoms with Gasteiger partial charge in [-0.25, -0.2) is 4.98 Å². The van der Waals surface area contributed by atoms with Crippen molar-refractivity contribution in [2.75, 3.05) is 33.0 Å². The molecule has 2 unspecified atom stereocenters. The van der Waals surface area contributed by atoms with E-state index < -0.39 is 0 Å². The molecule has 4 heterocycles. The average Bonchev–Trinajstić information content (AvgIpc) is 3.46. The molecule has 1 amide bonds. The van der Waals surface area contributed by atoms with E-state index >= 15 is 0 Å². The Morgan fingerprint density at radius 2 is 2.25 bits per heavy atom. The molecule has 28 heavy (non-hydrogen) atoms. The fraction of sp³-hybridized carbons (Fsp3) is 0.429. The molecular formula is C21H23N3O3S. The van der Waals surface area contributed by atoms with Crippen molar-refractivity contribution < 1.29 is 14.3 Å².